The van der Waals surface area contributed by atoms with Gasteiger partial charge in [0.25, 0.3) is 5.91 Å². The van der Waals surface area contributed by atoms with Gasteiger partial charge in [-0.25, -0.2) is 4.68 Å². The number of amides is 1. The molecule has 0 saturated carbocycles. The van der Waals surface area contributed by atoms with Gasteiger partial charge in [-0.1, -0.05) is 48.0 Å². The van der Waals surface area contributed by atoms with Crippen LogP contribution in [-0.4, -0.2) is 15.7 Å². The van der Waals surface area contributed by atoms with Gasteiger partial charge in [-0.15, -0.1) is 0 Å². The molecule has 0 bridgehead atoms. The van der Waals surface area contributed by atoms with Crippen LogP contribution in [0.15, 0.2) is 78.9 Å². The van der Waals surface area contributed by atoms with Crippen molar-refractivity contribution in [2.24, 2.45) is 0 Å². The maximum Gasteiger partial charge on any atom is 0.255 e. The third kappa shape index (κ3) is 4.78. The molecule has 156 valence electrons. The van der Waals surface area contributed by atoms with Crippen molar-refractivity contribution in [3.8, 4) is 11.4 Å². The number of carbonyl (C=O) groups excluding carboxylic acids is 1. The van der Waals surface area contributed by atoms with E-state index in [4.69, 9.17) is 16.3 Å². The molecule has 0 unspecified atom stereocenters. The summed E-state index contributed by atoms with van der Waals surface area (Å²) in [4.78, 5) is 12.9. The number of nitrogens with zero attached hydrogens (tertiary/aromatic N) is 2. The van der Waals surface area contributed by atoms with Crippen LogP contribution in [0, 0.1) is 13.8 Å². The molecule has 0 spiro atoms. The van der Waals surface area contributed by atoms with Crippen molar-refractivity contribution in [3.63, 3.8) is 0 Å². The molecular weight excluding hydrogens is 410 g/mol. The van der Waals surface area contributed by atoms with Crippen LogP contribution in [0.5, 0.6) is 5.75 Å². The smallest absolute Gasteiger partial charge is 0.255 e. The summed E-state index contributed by atoms with van der Waals surface area (Å²) in [6.45, 7) is 4.19. The van der Waals surface area contributed by atoms with E-state index in [1.807, 2.05) is 79.2 Å². The van der Waals surface area contributed by atoms with Gasteiger partial charge >= 0.3 is 0 Å². The van der Waals surface area contributed by atoms with Gasteiger partial charge in [-0.05, 0) is 61.9 Å². The Hall–Kier alpha value is -3.57. The second-order valence-electron chi connectivity index (χ2n) is 7.19. The first-order chi connectivity index (χ1) is 15.0. The highest BCUT2D eigenvalue weighted by Gasteiger charge is 2.16. The lowest BCUT2D eigenvalue weighted by Gasteiger charge is -2.10. The number of ether oxygens (including phenoxy) is 1. The van der Waals surface area contributed by atoms with Crippen LogP contribution >= 0.6 is 11.6 Å². The summed E-state index contributed by atoms with van der Waals surface area (Å²) in [6.07, 6.45) is 0. The number of aromatic nitrogens is 2. The fourth-order valence-electron chi connectivity index (χ4n) is 3.35. The molecular formula is C25H22ClN3O2. The standard InChI is InChI=1S/C25H22ClN3O2/c1-17-24(18(2)29(28-17)22-11-4-3-5-12-22)27-25(30)20-9-7-13-23(15-20)31-16-19-8-6-10-21(26)14-19/h3-15H,16H2,1-2H3,(H,27,30). The highest BCUT2D eigenvalue weighted by atomic mass is 35.5. The van der Waals surface area contributed by atoms with E-state index >= 15 is 0 Å². The number of nitrogens with one attached hydrogen (secondary N) is 1. The summed E-state index contributed by atoms with van der Waals surface area (Å²) in [5.41, 5.74) is 4.74. The first-order valence-electron chi connectivity index (χ1n) is 9.91. The molecule has 4 rings (SSSR count). The summed E-state index contributed by atoms with van der Waals surface area (Å²) in [5.74, 6) is 0.396. The molecule has 31 heavy (non-hydrogen) atoms. The molecule has 3 aromatic carbocycles. The minimum Gasteiger partial charge on any atom is -0.489 e. The van der Waals surface area contributed by atoms with Gasteiger partial charge < -0.3 is 10.1 Å². The Labute approximate surface area is 186 Å². The molecule has 1 aromatic heterocycles. The zero-order valence-corrected chi connectivity index (χ0v) is 18.1. The van der Waals surface area contributed by atoms with Crippen LogP contribution in [0.1, 0.15) is 27.3 Å². The maximum atomic E-state index is 12.9. The van der Waals surface area contributed by atoms with Crippen LogP contribution < -0.4 is 10.1 Å². The van der Waals surface area contributed by atoms with E-state index in [0.29, 0.717) is 28.6 Å². The quantitative estimate of drug-likeness (QED) is 0.409. The minimum absolute atomic E-state index is 0.216. The van der Waals surface area contributed by atoms with Gasteiger partial charge in [0.15, 0.2) is 0 Å². The number of aryl methyl sites for hydroxylation is 1. The first kappa shape index (κ1) is 20.7. The number of para-hydroxylation sites is 1. The molecule has 6 heteroatoms. The van der Waals surface area contributed by atoms with Crippen LogP contribution in [0.3, 0.4) is 0 Å². The minimum atomic E-state index is -0.216. The average Bonchev–Trinajstić information content (AvgIpc) is 3.07. The molecule has 1 heterocycles. The lowest BCUT2D eigenvalue weighted by atomic mass is 10.2. The maximum absolute atomic E-state index is 12.9. The van der Waals surface area contributed by atoms with E-state index in [-0.39, 0.29) is 5.91 Å². The Morgan fingerprint density at radius 2 is 1.77 bits per heavy atom. The zero-order valence-electron chi connectivity index (χ0n) is 17.3. The van der Waals surface area contributed by atoms with Crippen molar-refractivity contribution >= 4 is 23.2 Å². The van der Waals surface area contributed by atoms with E-state index in [0.717, 1.165) is 22.6 Å². The van der Waals surface area contributed by atoms with Crippen molar-refractivity contribution < 1.29 is 9.53 Å². The van der Waals surface area contributed by atoms with Crippen molar-refractivity contribution in [2.45, 2.75) is 20.5 Å². The highest BCUT2D eigenvalue weighted by Crippen LogP contribution is 2.24. The number of hydrogen-bond acceptors (Lipinski definition) is 3. The molecule has 4 aromatic rings. The van der Waals surface area contributed by atoms with E-state index in [1.165, 1.54) is 0 Å². The fourth-order valence-corrected chi connectivity index (χ4v) is 3.56. The van der Waals surface area contributed by atoms with E-state index in [2.05, 4.69) is 10.4 Å². The van der Waals surface area contributed by atoms with Gasteiger partial charge in [0.05, 0.1) is 22.8 Å². The molecule has 0 fully saturated rings. The number of rotatable bonds is 6. The molecule has 5 nitrogen and oxygen atoms in total. The van der Waals surface area contributed by atoms with Gasteiger partial charge in [-0.3, -0.25) is 4.79 Å². The number of benzene rings is 3. The van der Waals surface area contributed by atoms with Crippen molar-refractivity contribution in [2.75, 3.05) is 5.32 Å². The molecule has 0 aliphatic rings. The second-order valence-corrected chi connectivity index (χ2v) is 7.63. The van der Waals surface area contributed by atoms with Gasteiger partial charge in [0.1, 0.15) is 12.4 Å². The van der Waals surface area contributed by atoms with Gasteiger partial charge in [0.2, 0.25) is 0 Å². The normalized spacial score (nSPS) is 10.7. The Morgan fingerprint density at radius 1 is 1.00 bits per heavy atom. The molecule has 0 atom stereocenters. The molecule has 1 amide bonds. The summed E-state index contributed by atoms with van der Waals surface area (Å²) in [7, 11) is 0. The molecule has 0 aliphatic carbocycles. The van der Waals surface area contributed by atoms with Crippen LogP contribution in [0.4, 0.5) is 5.69 Å². The third-order valence-electron chi connectivity index (χ3n) is 4.92. The number of hydrogen-bond donors (Lipinski definition) is 1. The monoisotopic (exact) mass is 431 g/mol. The molecule has 0 saturated heterocycles. The number of halogens is 1. The number of carbonyl (C=O) groups is 1. The lowest BCUT2D eigenvalue weighted by Crippen LogP contribution is -2.13. The van der Waals surface area contributed by atoms with Crippen LogP contribution in [-0.2, 0) is 6.61 Å². The Bertz CT molecular complexity index is 1220. The van der Waals surface area contributed by atoms with Crippen molar-refractivity contribution in [1.82, 2.24) is 9.78 Å². The summed E-state index contributed by atoms with van der Waals surface area (Å²) >= 11 is 6.02. The third-order valence-corrected chi connectivity index (χ3v) is 5.16. The summed E-state index contributed by atoms with van der Waals surface area (Å²) < 4.78 is 7.67. The molecule has 0 aliphatic heterocycles. The second kappa shape index (κ2) is 9.06. The zero-order chi connectivity index (χ0) is 21.8. The fraction of sp³-hybridized carbons (Fsp3) is 0.120. The predicted molar refractivity (Wildman–Crippen MR) is 123 cm³/mol. The van der Waals surface area contributed by atoms with E-state index in [1.54, 1.807) is 18.2 Å². The first-order valence-corrected chi connectivity index (χ1v) is 10.3. The van der Waals surface area contributed by atoms with Crippen LogP contribution in [0.25, 0.3) is 5.69 Å². The predicted octanol–water partition coefficient (Wildman–Crippen LogP) is 5.97. The SMILES string of the molecule is Cc1nn(-c2ccccc2)c(C)c1NC(=O)c1cccc(OCc2cccc(Cl)c2)c1. The summed E-state index contributed by atoms with van der Waals surface area (Å²) in [5, 5.41) is 8.24. The Balaban J connectivity index is 1.49. The largest absolute Gasteiger partial charge is 0.489 e. The molecule has 1 N–H and O–H groups in total. The average molecular weight is 432 g/mol. The Kier molecular flexibility index (Phi) is 6.05. The lowest BCUT2D eigenvalue weighted by molar-refractivity contribution is 0.102. The Morgan fingerprint density at radius 3 is 2.55 bits per heavy atom. The van der Waals surface area contributed by atoms with Gasteiger partial charge in [-0.2, -0.15) is 5.10 Å². The summed E-state index contributed by atoms with van der Waals surface area (Å²) in [6, 6.07) is 24.4. The van der Waals surface area contributed by atoms with Gasteiger partial charge in [0, 0.05) is 10.6 Å². The number of anilines is 1. The van der Waals surface area contributed by atoms with Crippen LogP contribution in [0.2, 0.25) is 5.02 Å². The van der Waals surface area contributed by atoms with Crippen molar-refractivity contribution in [1.29, 1.82) is 0 Å². The topological polar surface area (TPSA) is 56.2 Å². The highest BCUT2D eigenvalue weighted by molar-refractivity contribution is 6.30. The van der Waals surface area contributed by atoms with E-state index < -0.39 is 0 Å². The molecule has 0 radical (unpaired) electrons. The van der Waals surface area contributed by atoms with Crippen molar-refractivity contribution in [3.05, 3.63) is 106 Å². The van der Waals surface area contributed by atoms with E-state index in [9.17, 15) is 4.79 Å².